The maximum atomic E-state index is 12.1. The average Bonchev–Trinajstić information content (AvgIpc) is 2.43. The van der Waals surface area contributed by atoms with Gasteiger partial charge in [-0.1, -0.05) is 42.0 Å². The third-order valence-corrected chi connectivity index (χ3v) is 4.00. The molecular formula is C16H12BrNO. The third kappa shape index (κ3) is 2.10. The molecule has 0 spiro atoms. The molecule has 0 amide bonds. The van der Waals surface area contributed by atoms with Crippen LogP contribution in [0.2, 0.25) is 0 Å². The predicted octanol–water partition coefficient (Wildman–Crippen LogP) is 4.27. The number of rotatable bonds is 1. The Labute approximate surface area is 119 Å². The largest absolute Gasteiger partial charge is 0.320 e. The van der Waals surface area contributed by atoms with Crippen LogP contribution in [0.4, 0.5) is 0 Å². The first kappa shape index (κ1) is 12.2. The summed E-state index contributed by atoms with van der Waals surface area (Å²) in [5.41, 5.74) is 2.94. The predicted molar refractivity (Wildman–Crippen MR) is 82.4 cm³/mol. The monoisotopic (exact) mass is 313 g/mol. The van der Waals surface area contributed by atoms with Crippen molar-refractivity contribution in [2.45, 2.75) is 6.92 Å². The summed E-state index contributed by atoms with van der Waals surface area (Å²) >= 11 is 3.61. The number of aromatic nitrogens is 1. The van der Waals surface area contributed by atoms with Crippen molar-refractivity contribution >= 4 is 26.7 Å². The van der Waals surface area contributed by atoms with E-state index in [1.165, 1.54) is 5.56 Å². The van der Waals surface area contributed by atoms with Gasteiger partial charge in [0.15, 0.2) is 0 Å². The van der Waals surface area contributed by atoms with E-state index in [0.717, 1.165) is 21.1 Å². The average molecular weight is 314 g/mol. The van der Waals surface area contributed by atoms with E-state index in [0.29, 0.717) is 5.39 Å². The summed E-state index contributed by atoms with van der Waals surface area (Å²) in [6, 6.07) is 15.7. The maximum Gasteiger partial charge on any atom is 0.256 e. The second-order valence-electron chi connectivity index (χ2n) is 4.56. The number of hydrogen-bond donors (Lipinski definition) is 1. The number of aromatic amines is 1. The zero-order valence-corrected chi connectivity index (χ0v) is 12.0. The summed E-state index contributed by atoms with van der Waals surface area (Å²) < 4.78 is 0.924. The van der Waals surface area contributed by atoms with Crippen molar-refractivity contribution in [1.29, 1.82) is 0 Å². The van der Waals surface area contributed by atoms with E-state index in [1.807, 2.05) is 49.4 Å². The molecule has 0 saturated heterocycles. The van der Waals surface area contributed by atoms with Crippen LogP contribution in [0.5, 0.6) is 0 Å². The number of H-pyrrole nitrogens is 1. The molecule has 0 aliphatic rings. The molecule has 0 atom stereocenters. The number of benzene rings is 2. The van der Waals surface area contributed by atoms with E-state index >= 15 is 0 Å². The highest BCUT2D eigenvalue weighted by Gasteiger charge is 2.10. The second-order valence-corrected chi connectivity index (χ2v) is 5.35. The van der Waals surface area contributed by atoms with Crippen LogP contribution in [-0.2, 0) is 0 Å². The molecule has 0 unspecified atom stereocenters. The van der Waals surface area contributed by atoms with Crippen molar-refractivity contribution in [2.24, 2.45) is 0 Å². The van der Waals surface area contributed by atoms with Gasteiger partial charge in [0.25, 0.3) is 5.56 Å². The molecule has 0 fully saturated rings. The molecular weight excluding hydrogens is 302 g/mol. The smallest absolute Gasteiger partial charge is 0.256 e. The van der Waals surface area contributed by atoms with Crippen molar-refractivity contribution in [3.63, 3.8) is 0 Å². The topological polar surface area (TPSA) is 32.9 Å². The van der Waals surface area contributed by atoms with Gasteiger partial charge in [-0.3, -0.25) is 4.79 Å². The normalized spacial score (nSPS) is 10.8. The Hall–Kier alpha value is -1.87. The van der Waals surface area contributed by atoms with Crippen LogP contribution < -0.4 is 5.56 Å². The highest BCUT2D eigenvalue weighted by molar-refractivity contribution is 9.10. The zero-order valence-electron chi connectivity index (χ0n) is 10.4. The molecule has 0 aliphatic heterocycles. The lowest BCUT2D eigenvalue weighted by molar-refractivity contribution is 1.26. The highest BCUT2D eigenvalue weighted by atomic mass is 79.9. The Morgan fingerprint density at radius 2 is 1.74 bits per heavy atom. The Morgan fingerprint density at radius 3 is 2.47 bits per heavy atom. The number of halogens is 1. The van der Waals surface area contributed by atoms with Crippen LogP contribution >= 0.6 is 15.9 Å². The van der Waals surface area contributed by atoms with Gasteiger partial charge in [-0.05, 0) is 40.5 Å². The summed E-state index contributed by atoms with van der Waals surface area (Å²) in [5, 5.41) is 1.63. The molecule has 1 N–H and O–H groups in total. The van der Waals surface area contributed by atoms with Gasteiger partial charge in [-0.15, -0.1) is 0 Å². The van der Waals surface area contributed by atoms with E-state index in [4.69, 9.17) is 0 Å². The Morgan fingerprint density at radius 1 is 1.00 bits per heavy atom. The number of fused-ring (bicyclic) bond motifs is 1. The summed E-state index contributed by atoms with van der Waals surface area (Å²) in [5.74, 6) is 0. The van der Waals surface area contributed by atoms with Crippen LogP contribution in [-0.4, -0.2) is 4.98 Å². The minimum absolute atomic E-state index is 0.0599. The van der Waals surface area contributed by atoms with Crippen LogP contribution in [0.15, 0.2) is 57.8 Å². The molecule has 3 heteroatoms. The lowest BCUT2D eigenvalue weighted by Gasteiger charge is -2.08. The van der Waals surface area contributed by atoms with Gasteiger partial charge in [0.2, 0.25) is 0 Å². The fourth-order valence-electron chi connectivity index (χ4n) is 2.24. The SMILES string of the molecule is Cc1cccc(-c2[nH]c(=O)c3ccccc3c2Br)c1. The van der Waals surface area contributed by atoms with Crippen molar-refractivity contribution in [1.82, 2.24) is 4.98 Å². The number of hydrogen-bond acceptors (Lipinski definition) is 1. The molecule has 0 saturated carbocycles. The maximum absolute atomic E-state index is 12.1. The van der Waals surface area contributed by atoms with Gasteiger partial charge in [-0.2, -0.15) is 0 Å². The molecule has 2 nitrogen and oxygen atoms in total. The van der Waals surface area contributed by atoms with Gasteiger partial charge in [0.05, 0.1) is 5.69 Å². The highest BCUT2D eigenvalue weighted by Crippen LogP contribution is 2.31. The van der Waals surface area contributed by atoms with Crippen LogP contribution in [0.3, 0.4) is 0 Å². The number of aryl methyl sites for hydroxylation is 1. The quantitative estimate of drug-likeness (QED) is 0.715. The van der Waals surface area contributed by atoms with Crippen LogP contribution in [0.25, 0.3) is 22.0 Å². The molecule has 19 heavy (non-hydrogen) atoms. The minimum atomic E-state index is -0.0599. The van der Waals surface area contributed by atoms with Crippen LogP contribution in [0, 0.1) is 6.92 Å². The fourth-order valence-corrected chi connectivity index (χ4v) is 2.92. The molecule has 3 aromatic rings. The molecule has 0 aliphatic carbocycles. The van der Waals surface area contributed by atoms with Gasteiger partial charge in [0, 0.05) is 15.2 Å². The number of nitrogens with one attached hydrogen (secondary N) is 1. The lowest BCUT2D eigenvalue weighted by Crippen LogP contribution is -2.08. The van der Waals surface area contributed by atoms with E-state index in [-0.39, 0.29) is 5.56 Å². The van der Waals surface area contributed by atoms with Crippen molar-refractivity contribution in [3.8, 4) is 11.3 Å². The van der Waals surface area contributed by atoms with Gasteiger partial charge in [-0.25, -0.2) is 0 Å². The van der Waals surface area contributed by atoms with E-state index < -0.39 is 0 Å². The first-order valence-electron chi connectivity index (χ1n) is 6.04. The van der Waals surface area contributed by atoms with Gasteiger partial charge < -0.3 is 4.98 Å². The summed E-state index contributed by atoms with van der Waals surface area (Å²) in [6.07, 6.45) is 0. The minimum Gasteiger partial charge on any atom is -0.320 e. The van der Waals surface area contributed by atoms with Crippen molar-refractivity contribution in [3.05, 3.63) is 68.9 Å². The number of pyridine rings is 1. The second kappa shape index (κ2) is 4.67. The molecule has 0 bridgehead atoms. The first-order chi connectivity index (χ1) is 9.16. The van der Waals surface area contributed by atoms with Crippen molar-refractivity contribution in [2.75, 3.05) is 0 Å². The Kier molecular flexibility index (Phi) is 2.99. The molecule has 94 valence electrons. The Bertz CT molecular complexity index is 820. The van der Waals surface area contributed by atoms with Crippen LogP contribution in [0.1, 0.15) is 5.56 Å². The van der Waals surface area contributed by atoms with Crippen molar-refractivity contribution < 1.29 is 0 Å². The molecule has 3 rings (SSSR count). The summed E-state index contributed by atoms with van der Waals surface area (Å²) in [7, 11) is 0. The first-order valence-corrected chi connectivity index (χ1v) is 6.83. The summed E-state index contributed by atoms with van der Waals surface area (Å²) in [6.45, 7) is 2.04. The van der Waals surface area contributed by atoms with E-state index in [1.54, 1.807) is 0 Å². The zero-order chi connectivity index (χ0) is 13.4. The van der Waals surface area contributed by atoms with Gasteiger partial charge >= 0.3 is 0 Å². The molecule has 2 aromatic carbocycles. The molecule has 1 aromatic heterocycles. The molecule has 0 radical (unpaired) electrons. The lowest BCUT2D eigenvalue weighted by atomic mass is 10.1. The van der Waals surface area contributed by atoms with Gasteiger partial charge in [0.1, 0.15) is 0 Å². The summed E-state index contributed by atoms with van der Waals surface area (Å²) in [4.78, 5) is 15.1. The van der Waals surface area contributed by atoms with E-state index in [2.05, 4.69) is 27.0 Å². The standard InChI is InChI=1S/C16H12BrNO/c1-10-5-4-6-11(9-10)15-14(17)12-7-2-3-8-13(12)16(19)18-15/h2-9H,1H3,(H,18,19). The Balaban J connectivity index is 2.37. The molecule has 1 heterocycles. The van der Waals surface area contributed by atoms with E-state index in [9.17, 15) is 4.79 Å². The fraction of sp³-hybridized carbons (Fsp3) is 0.0625. The third-order valence-electron chi connectivity index (χ3n) is 3.17.